The summed E-state index contributed by atoms with van der Waals surface area (Å²) in [6.45, 7) is -0.0868. The van der Waals surface area contributed by atoms with Crippen molar-refractivity contribution in [3.8, 4) is 0 Å². The molecule has 6 nitrogen and oxygen atoms in total. The second kappa shape index (κ2) is 12.3. The molecule has 3 unspecified atom stereocenters. The van der Waals surface area contributed by atoms with Crippen LogP contribution in [0.25, 0.3) is 0 Å². The first-order valence-electron chi connectivity index (χ1n) is 8.84. The summed E-state index contributed by atoms with van der Waals surface area (Å²) in [7, 11) is 0. The Morgan fingerprint density at radius 2 is 1.03 bits per heavy atom. The molecule has 12 heteroatoms. The number of halogens is 6. The lowest BCUT2D eigenvalue weighted by Gasteiger charge is -2.30. The van der Waals surface area contributed by atoms with Gasteiger partial charge in [0.05, 0.1) is 52.4 Å². The van der Waals surface area contributed by atoms with Gasteiger partial charge in [0.25, 0.3) is 0 Å². The first-order chi connectivity index (χ1) is 13.1. The minimum absolute atomic E-state index is 0.0137. The summed E-state index contributed by atoms with van der Waals surface area (Å²) in [5.74, 6) is 0. The molecular weight excluding hydrogens is 414 g/mol. The van der Waals surface area contributed by atoms with E-state index in [1.54, 1.807) is 6.92 Å². The Labute approximate surface area is 166 Å². The largest absolute Gasteiger partial charge is 0.411 e. The fraction of sp³-hybridized carbons (Fsp3) is 1.00. The second-order valence-corrected chi connectivity index (χ2v) is 7.79. The van der Waals surface area contributed by atoms with E-state index in [0.717, 1.165) is 0 Å². The fourth-order valence-electron chi connectivity index (χ4n) is 1.96. The molecule has 0 aromatic rings. The Kier molecular flexibility index (Phi) is 12.0. The Hall–Kier alpha value is -0.660. The summed E-state index contributed by atoms with van der Waals surface area (Å²) in [6, 6.07) is 0. The van der Waals surface area contributed by atoms with Gasteiger partial charge in [0.2, 0.25) is 0 Å². The molecule has 0 amide bonds. The van der Waals surface area contributed by atoms with Gasteiger partial charge in [0, 0.05) is 10.8 Å². The lowest BCUT2D eigenvalue weighted by atomic mass is 9.94. The third-order valence-electron chi connectivity index (χ3n) is 3.72. The zero-order valence-electron chi connectivity index (χ0n) is 16.7. The predicted octanol–water partition coefficient (Wildman–Crippen LogP) is 2.56. The number of rotatable bonds is 15. The average molecular weight is 444 g/mol. The third kappa shape index (κ3) is 14.9. The van der Waals surface area contributed by atoms with Crippen molar-refractivity contribution in [2.75, 3.05) is 59.5 Å². The van der Waals surface area contributed by atoms with Crippen molar-refractivity contribution in [2.24, 2.45) is 10.8 Å². The van der Waals surface area contributed by atoms with Crippen LogP contribution in [0.3, 0.4) is 0 Å². The van der Waals surface area contributed by atoms with Crippen molar-refractivity contribution >= 4 is 0 Å². The van der Waals surface area contributed by atoms with Gasteiger partial charge < -0.3 is 29.2 Å². The van der Waals surface area contributed by atoms with Gasteiger partial charge in [0.1, 0.15) is 13.2 Å². The van der Waals surface area contributed by atoms with Crippen molar-refractivity contribution in [1.29, 1.82) is 0 Å². The summed E-state index contributed by atoms with van der Waals surface area (Å²) in [4.78, 5) is 0. The maximum Gasteiger partial charge on any atom is 0.411 e. The molecule has 0 aromatic heterocycles. The van der Waals surface area contributed by atoms with Crippen LogP contribution >= 0.6 is 0 Å². The van der Waals surface area contributed by atoms with Gasteiger partial charge in [-0.1, -0.05) is 13.8 Å². The molecule has 0 rings (SSSR count). The van der Waals surface area contributed by atoms with Crippen molar-refractivity contribution in [2.45, 2.75) is 39.2 Å². The Balaban J connectivity index is 4.26. The van der Waals surface area contributed by atoms with Crippen molar-refractivity contribution in [1.82, 2.24) is 0 Å². The first kappa shape index (κ1) is 28.3. The molecule has 0 aromatic carbocycles. The number of ether oxygens (including phenoxy) is 4. The number of hydrogen-bond donors (Lipinski definition) is 2. The number of aliphatic hydroxyl groups is 2. The highest BCUT2D eigenvalue weighted by Gasteiger charge is 2.32. The molecule has 0 aliphatic rings. The van der Waals surface area contributed by atoms with E-state index in [0.29, 0.717) is 0 Å². The van der Waals surface area contributed by atoms with E-state index in [1.807, 2.05) is 0 Å². The Bertz CT molecular complexity index is 447. The van der Waals surface area contributed by atoms with Crippen LogP contribution < -0.4 is 0 Å². The van der Waals surface area contributed by atoms with Gasteiger partial charge in [-0.05, 0) is 6.92 Å². The molecule has 2 N–H and O–H groups in total. The lowest BCUT2D eigenvalue weighted by Crippen LogP contribution is -2.37. The monoisotopic (exact) mass is 444 g/mol. The molecule has 0 spiro atoms. The van der Waals surface area contributed by atoms with Gasteiger partial charge in [-0.15, -0.1) is 0 Å². The number of aliphatic hydroxyl groups excluding tert-OH is 2. The highest BCUT2D eigenvalue weighted by Crippen LogP contribution is 2.22. The zero-order valence-corrected chi connectivity index (χ0v) is 16.7. The van der Waals surface area contributed by atoms with Gasteiger partial charge in [-0.3, -0.25) is 0 Å². The summed E-state index contributed by atoms with van der Waals surface area (Å²) in [5, 5.41) is 18.8. The molecule has 0 aliphatic heterocycles. The minimum Gasteiger partial charge on any atom is -0.396 e. The number of hydrogen-bond acceptors (Lipinski definition) is 6. The summed E-state index contributed by atoms with van der Waals surface area (Å²) in [6.07, 6.45) is -9.47. The SMILES string of the molecule is CC(COCC(C)(CO)COCC(F)(F)F)OCC(C)(CO)COCC(F)(F)F. The van der Waals surface area contributed by atoms with E-state index >= 15 is 0 Å². The molecule has 3 atom stereocenters. The topological polar surface area (TPSA) is 77.4 Å². The van der Waals surface area contributed by atoms with Gasteiger partial charge in [0.15, 0.2) is 0 Å². The normalized spacial score (nSPS) is 18.3. The average Bonchev–Trinajstić information content (AvgIpc) is 2.58. The summed E-state index contributed by atoms with van der Waals surface area (Å²) >= 11 is 0. The van der Waals surface area contributed by atoms with Crippen LogP contribution in [0.2, 0.25) is 0 Å². The van der Waals surface area contributed by atoms with Gasteiger partial charge in [-0.25, -0.2) is 0 Å². The van der Waals surface area contributed by atoms with Crippen LogP contribution in [0.1, 0.15) is 20.8 Å². The lowest BCUT2D eigenvalue weighted by molar-refractivity contribution is -0.187. The van der Waals surface area contributed by atoms with E-state index < -0.39 is 55.7 Å². The molecule has 0 fully saturated rings. The summed E-state index contributed by atoms with van der Waals surface area (Å²) < 4.78 is 92.7. The van der Waals surface area contributed by atoms with E-state index in [4.69, 9.17) is 9.47 Å². The van der Waals surface area contributed by atoms with Crippen LogP contribution in [0.15, 0.2) is 0 Å². The van der Waals surface area contributed by atoms with Crippen LogP contribution in [0, 0.1) is 10.8 Å². The number of alkyl halides is 6. The highest BCUT2D eigenvalue weighted by molar-refractivity contribution is 4.75. The quantitative estimate of drug-likeness (QED) is 0.378. The standard InChI is InChI=1S/C17H30F6O6/c1-13(29-10-15(3,6-25)9-28-12-17(21,22)23)4-26-7-14(2,5-24)8-27-11-16(18,19)20/h13,24-25H,4-12H2,1-3H3. The Morgan fingerprint density at radius 1 is 0.655 bits per heavy atom. The zero-order chi connectivity index (χ0) is 22.8. The fourth-order valence-corrected chi connectivity index (χ4v) is 1.96. The van der Waals surface area contributed by atoms with E-state index in [-0.39, 0.29) is 33.0 Å². The minimum atomic E-state index is -4.47. The van der Waals surface area contributed by atoms with Crippen LogP contribution in [0.5, 0.6) is 0 Å². The first-order valence-corrected chi connectivity index (χ1v) is 8.84. The van der Waals surface area contributed by atoms with E-state index in [9.17, 15) is 36.6 Å². The Morgan fingerprint density at radius 3 is 1.41 bits per heavy atom. The third-order valence-corrected chi connectivity index (χ3v) is 3.72. The molecule has 0 bridgehead atoms. The van der Waals surface area contributed by atoms with Crippen LogP contribution in [-0.2, 0) is 18.9 Å². The smallest absolute Gasteiger partial charge is 0.396 e. The van der Waals surface area contributed by atoms with Crippen LogP contribution in [0.4, 0.5) is 26.3 Å². The molecule has 0 aliphatic carbocycles. The maximum atomic E-state index is 12.1. The predicted molar refractivity (Wildman–Crippen MR) is 90.4 cm³/mol. The molecule has 0 heterocycles. The molecule has 0 saturated heterocycles. The van der Waals surface area contributed by atoms with Crippen LogP contribution in [-0.4, -0.2) is 88.1 Å². The van der Waals surface area contributed by atoms with E-state index in [1.165, 1.54) is 13.8 Å². The van der Waals surface area contributed by atoms with Crippen molar-refractivity contribution in [3.63, 3.8) is 0 Å². The van der Waals surface area contributed by atoms with Crippen molar-refractivity contribution in [3.05, 3.63) is 0 Å². The highest BCUT2D eigenvalue weighted by atomic mass is 19.4. The summed E-state index contributed by atoms with van der Waals surface area (Å²) in [5.41, 5.74) is -2.10. The van der Waals surface area contributed by atoms with Gasteiger partial charge in [-0.2, -0.15) is 26.3 Å². The maximum absolute atomic E-state index is 12.1. The molecule has 0 saturated carbocycles. The molecule has 176 valence electrons. The second-order valence-electron chi connectivity index (χ2n) is 7.79. The molecule has 29 heavy (non-hydrogen) atoms. The molecule has 0 radical (unpaired) electrons. The van der Waals surface area contributed by atoms with Gasteiger partial charge >= 0.3 is 12.4 Å². The van der Waals surface area contributed by atoms with Crippen molar-refractivity contribution < 1.29 is 55.5 Å². The molecular formula is C17H30F6O6. The van der Waals surface area contributed by atoms with E-state index in [2.05, 4.69) is 9.47 Å².